The molecule has 4 rings (SSSR count). The van der Waals surface area contributed by atoms with Crippen molar-refractivity contribution in [3.63, 3.8) is 0 Å². The van der Waals surface area contributed by atoms with Crippen molar-refractivity contribution >= 4 is 22.9 Å². The first-order valence-corrected chi connectivity index (χ1v) is 8.15. The number of aromatic amines is 1. The fourth-order valence-corrected chi connectivity index (χ4v) is 2.60. The van der Waals surface area contributed by atoms with E-state index in [1.165, 1.54) is 11.1 Å². The third-order valence-corrected chi connectivity index (χ3v) is 3.88. The Morgan fingerprint density at radius 2 is 1.40 bits per heavy atom. The molecule has 3 N–H and O–H groups in total. The van der Waals surface area contributed by atoms with Crippen LogP contribution < -0.4 is 10.6 Å². The molecular formula is C19H18N6. The molecule has 0 saturated heterocycles. The van der Waals surface area contributed by atoms with E-state index >= 15 is 0 Å². The zero-order valence-electron chi connectivity index (χ0n) is 13.6. The number of aromatic nitrogens is 4. The Hall–Kier alpha value is -3.41. The summed E-state index contributed by atoms with van der Waals surface area (Å²) in [6.07, 6.45) is 1.63. The average Bonchev–Trinajstić information content (AvgIpc) is 3.15. The predicted octanol–water partition coefficient (Wildman–Crippen LogP) is 3.58. The molecule has 2 aromatic heterocycles. The zero-order chi connectivity index (χ0) is 16.9. The van der Waals surface area contributed by atoms with Crippen molar-refractivity contribution in [1.29, 1.82) is 0 Å². The molecule has 0 radical (unpaired) electrons. The minimum Gasteiger partial charge on any atom is -0.364 e. The summed E-state index contributed by atoms with van der Waals surface area (Å²) in [6, 6.07) is 20.4. The fourth-order valence-electron chi connectivity index (χ4n) is 2.60. The zero-order valence-corrected chi connectivity index (χ0v) is 13.6. The summed E-state index contributed by atoms with van der Waals surface area (Å²) >= 11 is 0. The molecule has 0 bridgehead atoms. The smallest absolute Gasteiger partial charge is 0.227 e. The molecule has 0 amide bonds. The average molecular weight is 330 g/mol. The van der Waals surface area contributed by atoms with E-state index in [1.54, 1.807) is 6.33 Å². The van der Waals surface area contributed by atoms with Crippen LogP contribution in [0.3, 0.4) is 0 Å². The number of fused-ring (bicyclic) bond motifs is 1. The van der Waals surface area contributed by atoms with Crippen LogP contribution >= 0.6 is 0 Å². The standard InChI is InChI=1S/C19H18N6/c1-3-7-14(8-4-1)11-20-17-16-18(23-13-22-16)25-19(24-17)21-12-15-9-5-2-6-10-15/h1-10,13H,11-12H2,(H3,20,21,22,23,24,25). The maximum Gasteiger partial charge on any atom is 0.227 e. The lowest BCUT2D eigenvalue weighted by atomic mass is 10.2. The number of H-pyrrole nitrogens is 1. The van der Waals surface area contributed by atoms with Gasteiger partial charge < -0.3 is 15.6 Å². The topological polar surface area (TPSA) is 78.5 Å². The molecule has 0 aliphatic rings. The fraction of sp³-hybridized carbons (Fsp3) is 0.105. The van der Waals surface area contributed by atoms with E-state index in [9.17, 15) is 0 Å². The third kappa shape index (κ3) is 3.58. The van der Waals surface area contributed by atoms with Gasteiger partial charge >= 0.3 is 0 Å². The number of hydrogen-bond acceptors (Lipinski definition) is 5. The quantitative estimate of drug-likeness (QED) is 0.504. The van der Waals surface area contributed by atoms with Crippen molar-refractivity contribution in [2.24, 2.45) is 0 Å². The summed E-state index contributed by atoms with van der Waals surface area (Å²) in [4.78, 5) is 16.4. The van der Waals surface area contributed by atoms with E-state index in [0.717, 1.165) is 11.3 Å². The van der Waals surface area contributed by atoms with E-state index in [0.29, 0.717) is 24.7 Å². The molecule has 0 unspecified atom stereocenters. The minimum atomic E-state index is 0.555. The molecule has 0 fully saturated rings. The molecule has 0 atom stereocenters. The summed E-state index contributed by atoms with van der Waals surface area (Å²) < 4.78 is 0. The molecule has 6 heteroatoms. The third-order valence-electron chi connectivity index (χ3n) is 3.88. The Labute approximate surface area is 145 Å². The largest absolute Gasteiger partial charge is 0.364 e. The molecule has 0 aliphatic carbocycles. The maximum absolute atomic E-state index is 4.60. The number of rotatable bonds is 6. The summed E-state index contributed by atoms with van der Waals surface area (Å²) in [7, 11) is 0. The Balaban J connectivity index is 1.54. The normalized spacial score (nSPS) is 10.7. The van der Waals surface area contributed by atoms with Gasteiger partial charge in [0.1, 0.15) is 5.52 Å². The lowest BCUT2D eigenvalue weighted by Crippen LogP contribution is -2.08. The number of nitrogens with zero attached hydrogens (tertiary/aromatic N) is 3. The van der Waals surface area contributed by atoms with Gasteiger partial charge in [0.2, 0.25) is 5.95 Å². The van der Waals surface area contributed by atoms with Crippen LogP contribution in [0, 0.1) is 0 Å². The summed E-state index contributed by atoms with van der Waals surface area (Å²) in [6.45, 7) is 1.35. The second-order valence-corrected chi connectivity index (χ2v) is 5.68. The highest BCUT2D eigenvalue weighted by Crippen LogP contribution is 2.19. The van der Waals surface area contributed by atoms with Gasteiger partial charge in [0.15, 0.2) is 11.5 Å². The maximum atomic E-state index is 4.60. The molecule has 0 aliphatic heterocycles. The van der Waals surface area contributed by atoms with Gasteiger partial charge in [0.25, 0.3) is 0 Å². The summed E-state index contributed by atoms with van der Waals surface area (Å²) in [5.74, 6) is 1.29. The van der Waals surface area contributed by atoms with E-state index < -0.39 is 0 Å². The van der Waals surface area contributed by atoms with Crippen LogP contribution in [0.5, 0.6) is 0 Å². The van der Waals surface area contributed by atoms with Crippen LogP contribution in [0.1, 0.15) is 11.1 Å². The van der Waals surface area contributed by atoms with Gasteiger partial charge in [-0.05, 0) is 11.1 Å². The minimum absolute atomic E-state index is 0.555. The first-order valence-electron chi connectivity index (χ1n) is 8.15. The highest BCUT2D eigenvalue weighted by atomic mass is 15.2. The number of benzene rings is 2. The van der Waals surface area contributed by atoms with Crippen LogP contribution in [0.15, 0.2) is 67.0 Å². The van der Waals surface area contributed by atoms with Crippen LogP contribution in [0.4, 0.5) is 11.8 Å². The van der Waals surface area contributed by atoms with Gasteiger partial charge in [-0.2, -0.15) is 9.97 Å². The molecule has 2 heterocycles. The van der Waals surface area contributed by atoms with Gasteiger partial charge in [-0.3, -0.25) is 0 Å². The lowest BCUT2D eigenvalue weighted by molar-refractivity contribution is 1.05. The molecule has 0 spiro atoms. The highest BCUT2D eigenvalue weighted by Gasteiger charge is 2.09. The van der Waals surface area contributed by atoms with Gasteiger partial charge in [0.05, 0.1) is 6.33 Å². The van der Waals surface area contributed by atoms with Crippen molar-refractivity contribution in [3.05, 3.63) is 78.1 Å². The van der Waals surface area contributed by atoms with Crippen LogP contribution in [0.25, 0.3) is 11.2 Å². The van der Waals surface area contributed by atoms with Crippen LogP contribution in [-0.2, 0) is 13.1 Å². The van der Waals surface area contributed by atoms with E-state index in [1.807, 2.05) is 36.4 Å². The van der Waals surface area contributed by atoms with Crippen molar-refractivity contribution in [2.45, 2.75) is 13.1 Å². The second-order valence-electron chi connectivity index (χ2n) is 5.68. The number of nitrogens with one attached hydrogen (secondary N) is 3. The molecule has 25 heavy (non-hydrogen) atoms. The monoisotopic (exact) mass is 330 g/mol. The van der Waals surface area contributed by atoms with Crippen LogP contribution in [-0.4, -0.2) is 19.9 Å². The van der Waals surface area contributed by atoms with Crippen LogP contribution in [0.2, 0.25) is 0 Å². The number of imidazole rings is 1. The molecule has 4 aromatic rings. The first kappa shape index (κ1) is 15.1. The number of anilines is 2. The predicted molar refractivity (Wildman–Crippen MR) is 99.2 cm³/mol. The Kier molecular flexibility index (Phi) is 4.24. The van der Waals surface area contributed by atoms with Gasteiger partial charge in [0, 0.05) is 13.1 Å². The Bertz CT molecular complexity index is 949. The molecular weight excluding hydrogens is 312 g/mol. The van der Waals surface area contributed by atoms with Crippen molar-refractivity contribution in [2.75, 3.05) is 10.6 Å². The van der Waals surface area contributed by atoms with E-state index in [-0.39, 0.29) is 0 Å². The SMILES string of the molecule is c1ccc(CNc2nc(NCc3ccccc3)c3[nH]cnc3n2)cc1. The Morgan fingerprint density at radius 1 is 0.760 bits per heavy atom. The Morgan fingerprint density at radius 3 is 2.08 bits per heavy atom. The van der Waals surface area contributed by atoms with Gasteiger partial charge in [-0.25, -0.2) is 4.98 Å². The second kappa shape index (κ2) is 7.00. The van der Waals surface area contributed by atoms with Crippen molar-refractivity contribution in [1.82, 2.24) is 19.9 Å². The molecule has 124 valence electrons. The number of hydrogen-bond donors (Lipinski definition) is 3. The van der Waals surface area contributed by atoms with Crippen molar-refractivity contribution in [3.8, 4) is 0 Å². The molecule has 2 aromatic carbocycles. The highest BCUT2D eigenvalue weighted by molar-refractivity contribution is 5.83. The van der Waals surface area contributed by atoms with E-state index in [4.69, 9.17) is 0 Å². The summed E-state index contributed by atoms with van der Waals surface area (Å²) in [5, 5.41) is 6.63. The summed E-state index contributed by atoms with van der Waals surface area (Å²) in [5.41, 5.74) is 3.81. The first-order chi connectivity index (χ1) is 12.4. The van der Waals surface area contributed by atoms with Gasteiger partial charge in [-0.1, -0.05) is 60.7 Å². The van der Waals surface area contributed by atoms with Crippen molar-refractivity contribution < 1.29 is 0 Å². The van der Waals surface area contributed by atoms with Gasteiger partial charge in [-0.15, -0.1) is 0 Å². The molecule has 0 saturated carbocycles. The molecule has 6 nitrogen and oxygen atoms in total. The van der Waals surface area contributed by atoms with E-state index in [2.05, 4.69) is 54.8 Å². The lowest BCUT2D eigenvalue weighted by Gasteiger charge is -2.10.